The van der Waals surface area contributed by atoms with Crippen molar-refractivity contribution in [3.05, 3.63) is 21.9 Å². The van der Waals surface area contributed by atoms with Crippen LogP contribution in [0.1, 0.15) is 29.0 Å². The van der Waals surface area contributed by atoms with Crippen molar-refractivity contribution in [3.63, 3.8) is 0 Å². The fourth-order valence-corrected chi connectivity index (χ4v) is 4.22. The molecule has 4 N–H and O–H groups in total. The summed E-state index contributed by atoms with van der Waals surface area (Å²) in [6, 6.07) is 2.18. The third-order valence-electron chi connectivity index (χ3n) is 2.70. The van der Waals surface area contributed by atoms with Gasteiger partial charge in [-0.25, -0.2) is 0 Å². The zero-order valence-corrected chi connectivity index (χ0v) is 11.9. The Balaban J connectivity index is 2.71. The van der Waals surface area contributed by atoms with Crippen LogP contribution in [0, 0.1) is 6.92 Å². The Morgan fingerprint density at radius 2 is 2.24 bits per heavy atom. The molecule has 0 aliphatic rings. The van der Waals surface area contributed by atoms with Crippen LogP contribution < -0.4 is 5.73 Å². The Bertz CT molecular complexity index is 330. The van der Waals surface area contributed by atoms with Crippen molar-refractivity contribution in [1.82, 2.24) is 0 Å². The molecule has 0 bridgehead atoms. The van der Waals surface area contributed by atoms with Crippen LogP contribution in [0.4, 0.5) is 0 Å². The highest BCUT2D eigenvalue weighted by molar-refractivity contribution is 7.99. The minimum absolute atomic E-state index is 0.0863. The van der Waals surface area contributed by atoms with Crippen LogP contribution in [0.3, 0.4) is 0 Å². The van der Waals surface area contributed by atoms with Crippen molar-refractivity contribution < 1.29 is 10.2 Å². The average Bonchev–Trinajstić information content (AvgIpc) is 2.75. The molecule has 0 saturated heterocycles. The second kappa shape index (κ2) is 7.38. The van der Waals surface area contributed by atoms with E-state index in [2.05, 4.69) is 25.3 Å². The van der Waals surface area contributed by atoms with Gasteiger partial charge in [0.25, 0.3) is 0 Å². The molecule has 3 unspecified atom stereocenters. The number of thioether (sulfide) groups is 1. The molecule has 3 nitrogen and oxygen atoms in total. The van der Waals surface area contributed by atoms with Crippen LogP contribution in [0.2, 0.25) is 0 Å². The van der Waals surface area contributed by atoms with Crippen molar-refractivity contribution >= 4 is 23.1 Å². The molecule has 0 aliphatic heterocycles. The summed E-state index contributed by atoms with van der Waals surface area (Å²) in [7, 11) is 0. The molecular weight excluding hydrogens is 254 g/mol. The van der Waals surface area contributed by atoms with Gasteiger partial charge in [0, 0.05) is 16.7 Å². The molecule has 98 valence electrons. The third kappa shape index (κ3) is 4.26. The zero-order valence-electron chi connectivity index (χ0n) is 10.3. The van der Waals surface area contributed by atoms with E-state index in [0.29, 0.717) is 5.75 Å². The maximum Gasteiger partial charge on any atom is 0.0861 e. The van der Waals surface area contributed by atoms with E-state index in [9.17, 15) is 5.11 Å². The lowest BCUT2D eigenvalue weighted by molar-refractivity contribution is 0.113. The van der Waals surface area contributed by atoms with Crippen LogP contribution in [0.5, 0.6) is 0 Å². The van der Waals surface area contributed by atoms with E-state index in [-0.39, 0.29) is 17.9 Å². The van der Waals surface area contributed by atoms with Crippen molar-refractivity contribution in [2.75, 3.05) is 12.4 Å². The van der Waals surface area contributed by atoms with Gasteiger partial charge >= 0.3 is 0 Å². The van der Waals surface area contributed by atoms with Gasteiger partial charge in [0.05, 0.1) is 18.0 Å². The molecule has 0 amide bonds. The summed E-state index contributed by atoms with van der Waals surface area (Å²) in [4.78, 5) is 1.29. The van der Waals surface area contributed by atoms with Gasteiger partial charge in [0.15, 0.2) is 0 Å². The van der Waals surface area contributed by atoms with E-state index < -0.39 is 6.10 Å². The summed E-state index contributed by atoms with van der Waals surface area (Å²) in [6.07, 6.45) is 0.247. The molecule has 0 radical (unpaired) electrons. The molecule has 1 aromatic rings. The minimum atomic E-state index is -0.660. The standard InChI is InChI=1S/C12H21NO2S2/c1-3-10(13)12(17-7-9(15)6-14)11-8(2)4-5-16-11/h4-5,9-10,12,14-15H,3,6-7,13H2,1-2H3. The number of rotatable bonds is 7. The normalized spacial score (nSPS) is 16.8. The lowest BCUT2D eigenvalue weighted by atomic mass is 10.1. The highest BCUT2D eigenvalue weighted by Crippen LogP contribution is 2.37. The fourth-order valence-electron chi connectivity index (χ4n) is 1.55. The first-order valence-electron chi connectivity index (χ1n) is 5.80. The summed E-state index contributed by atoms with van der Waals surface area (Å²) in [5.41, 5.74) is 7.41. The first-order valence-corrected chi connectivity index (χ1v) is 7.73. The SMILES string of the molecule is CCC(N)C(SCC(O)CO)c1sccc1C. The second-order valence-electron chi connectivity index (χ2n) is 4.13. The van der Waals surface area contributed by atoms with Gasteiger partial charge in [0.1, 0.15) is 0 Å². The van der Waals surface area contributed by atoms with Gasteiger partial charge in [-0.05, 0) is 30.4 Å². The molecule has 0 aromatic carbocycles. The van der Waals surface area contributed by atoms with E-state index in [4.69, 9.17) is 10.8 Å². The predicted molar refractivity (Wildman–Crippen MR) is 75.6 cm³/mol. The van der Waals surface area contributed by atoms with Crippen molar-refractivity contribution in [2.45, 2.75) is 37.7 Å². The molecule has 1 heterocycles. The van der Waals surface area contributed by atoms with Crippen molar-refractivity contribution in [3.8, 4) is 0 Å². The number of aliphatic hydroxyl groups is 2. The molecule has 0 spiro atoms. The molecule has 0 saturated carbocycles. The van der Waals surface area contributed by atoms with Crippen molar-refractivity contribution in [2.24, 2.45) is 5.73 Å². The quantitative estimate of drug-likeness (QED) is 0.711. The van der Waals surface area contributed by atoms with Gasteiger partial charge in [0.2, 0.25) is 0 Å². The molecule has 5 heteroatoms. The Kier molecular flexibility index (Phi) is 6.51. The van der Waals surface area contributed by atoms with E-state index in [1.165, 1.54) is 10.4 Å². The van der Waals surface area contributed by atoms with Crippen LogP contribution >= 0.6 is 23.1 Å². The molecule has 0 fully saturated rings. The van der Waals surface area contributed by atoms with E-state index in [0.717, 1.165) is 6.42 Å². The highest BCUT2D eigenvalue weighted by atomic mass is 32.2. The lowest BCUT2D eigenvalue weighted by Gasteiger charge is -2.23. The number of hydrogen-bond acceptors (Lipinski definition) is 5. The Morgan fingerprint density at radius 3 is 2.71 bits per heavy atom. The monoisotopic (exact) mass is 275 g/mol. The number of hydrogen-bond donors (Lipinski definition) is 3. The number of aliphatic hydroxyl groups excluding tert-OH is 2. The molecule has 1 aromatic heterocycles. The first kappa shape index (κ1) is 15.0. The maximum absolute atomic E-state index is 9.42. The van der Waals surface area contributed by atoms with E-state index in [1.807, 2.05) is 0 Å². The fraction of sp³-hybridized carbons (Fsp3) is 0.667. The third-order valence-corrected chi connectivity index (χ3v) is 5.47. The minimum Gasteiger partial charge on any atom is -0.394 e. The molecular formula is C12H21NO2S2. The number of thiophene rings is 1. The molecule has 3 atom stereocenters. The number of aryl methyl sites for hydroxylation is 1. The van der Waals surface area contributed by atoms with Crippen LogP contribution in [0.15, 0.2) is 11.4 Å². The largest absolute Gasteiger partial charge is 0.394 e. The lowest BCUT2D eigenvalue weighted by Crippen LogP contribution is -2.27. The van der Waals surface area contributed by atoms with Gasteiger partial charge in [-0.3, -0.25) is 0 Å². The van der Waals surface area contributed by atoms with Crippen LogP contribution in [0.25, 0.3) is 0 Å². The Hall–Kier alpha value is -0.0700. The predicted octanol–water partition coefficient (Wildman–Crippen LogP) is 1.92. The summed E-state index contributed by atoms with van der Waals surface area (Å²) < 4.78 is 0. The van der Waals surface area contributed by atoms with Gasteiger partial charge in [-0.15, -0.1) is 23.1 Å². The van der Waals surface area contributed by atoms with Gasteiger partial charge in [-0.2, -0.15) is 0 Å². The second-order valence-corrected chi connectivity index (χ2v) is 6.25. The topological polar surface area (TPSA) is 66.5 Å². The van der Waals surface area contributed by atoms with Crippen molar-refractivity contribution in [1.29, 1.82) is 0 Å². The van der Waals surface area contributed by atoms with Gasteiger partial charge < -0.3 is 15.9 Å². The Labute approximate surface area is 111 Å². The summed E-state index contributed by atoms with van der Waals surface area (Å²) in [5.74, 6) is 0.520. The summed E-state index contributed by atoms with van der Waals surface area (Å²) in [5, 5.41) is 20.5. The van der Waals surface area contributed by atoms with Gasteiger partial charge in [-0.1, -0.05) is 6.92 Å². The van der Waals surface area contributed by atoms with Crippen LogP contribution in [-0.2, 0) is 0 Å². The maximum atomic E-state index is 9.42. The smallest absolute Gasteiger partial charge is 0.0861 e. The first-order chi connectivity index (χ1) is 8.10. The zero-order chi connectivity index (χ0) is 12.8. The van der Waals surface area contributed by atoms with Crippen LogP contribution in [-0.4, -0.2) is 34.7 Å². The molecule has 17 heavy (non-hydrogen) atoms. The Morgan fingerprint density at radius 1 is 1.53 bits per heavy atom. The summed E-state index contributed by atoms with van der Waals surface area (Å²) >= 11 is 3.35. The number of nitrogens with two attached hydrogens (primary N) is 1. The average molecular weight is 275 g/mol. The summed E-state index contributed by atoms with van der Waals surface area (Å²) in [6.45, 7) is 3.97. The van der Waals surface area contributed by atoms with E-state index >= 15 is 0 Å². The molecule has 0 aliphatic carbocycles. The molecule has 1 rings (SSSR count). The highest BCUT2D eigenvalue weighted by Gasteiger charge is 2.22. The van der Waals surface area contributed by atoms with E-state index in [1.54, 1.807) is 23.1 Å².